The van der Waals surface area contributed by atoms with E-state index in [1.165, 1.54) is 6.07 Å². The minimum absolute atomic E-state index is 0.104. The van der Waals surface area contributed by atoms with Crippen LogP contribution in [0.15, 0.2) is 21.6 Å². The first kappa shape index (κ1) is 14.2. The molecule has 0 amide bonds. The van der Waals surface area contributed by atoms with Crippen molar-refractivity contribution in [3.8, 4) is 0 Å². The maximum atomic E-state index is 11.0. The highest BCUT2D eigenvalue weighted by Crippen LogP contribution is 2.11. The van der Waals surface area contributed by atoms with E-state index >= 15 is 0 Å². The molecule has 0 spiro atoms. The minimum Gasteiger partial charge on any atom is -0.447 e. The Morgan fingerprint density at radius 3 is 2.76 bits per heavy atom. The zero-order valence-electron chi connectivity index (χ0n) is 9.97. The van der Waals surface area contributed by atoms with Crippen LogP contribution in [0.3, 0.4) is 0 Å². The molecule has 1 heterocycles. The second-order valence-corrected chi connectivity index (χ2v) is 5.16. The van der Waals surface area contributed by atoms with Crippen LogP contribution in [0.5, 0.6) is 0 Å². The lowest BCUT2D eigenvalue weighted by Gasteiger charge is -2.11. The topological polar surface area (TPSA) is 94.6 Å². The van der Waals surface area contributed by atoms with Crippen LogP contribution in [0.25, 0.3) is 0 Å². The lowest BCUT2D eigenvalue weighted by Crippen LogP contribution is -2.26. The van der Waals surface area contributed by atoms with E-state index in [1.807, 2.05) is 13.8 Å². The second kappa shape index (κ2) is 6.15. The average molecular weight is 262 g/mol. The predicted octanol–water partition coefficient (Wildman–Crippen LogP) is 0.442. The summed E-state index contributed by atoms with van der Waals surface area (Å²) in [5, 5.41) is 7.81. The Balaban J connectivity index is 2.41. The third kappa shape index (κ3) is 4.86. The summed E-state index contributed by atoms with van der Waals surface area (Å²) >= 11 is 0. The number of nitrogens with one attached hydrogen (secondary N) is 1. The van der Waals surface area contributed by atoms with Crippen LogP contribution in [0.1, 0.15) is 19.6 Å². The van der Waals surface area contributed by atoms with E-state index in [9.17, 15) is 8.42 Å². The van der Waals surface area contributed by atoms with Crippen LogP contribution in [-0.4, -0.2) is 27.7 Å². The van der Waals surface area contributed by atoms with Crippen molar-refractivity contribution in [3.05, 3.63) is 17.9 Å². The fourth-order valence-corrected chi connectivity index (χ4v) is 1.83. The lowest BCUT2D eigenvalue weighted by molar-refractivity contribution is 0.0755. The zero-order chi connectivity index (χ0) is 12.9. The second-order valence-electron chi connectivity index (χ2n) is 3.66. The van der Waals surface area contributed by atoms with Crippen LogP contribution in [-0.2, 0) is 21.3 Å². The van der Waals surface area contributed by atoms with Gasteiger partial charge >= 0.3 is 0 Å². The first-order valence-electron chi connectivity index (χ1n) is 5.37. The first-order valence-corrected chi connectivity index (χ1v) is 6.92. The van der Waals surface area contributed by atoms with Gasteiger partial charge in [0.2, 0.25) is 5.09 Å². The van der Waals surface area contributed by atoms with Gasteiger partial charge < -0.3 is 14.5 Å². The van der Waals surface area contributed by atoms with E-state index in [-0.39, 0.29) is 11.2 Å². The van der Waals surface area contributed by atoms with Gasteiger partial charge in [0, 0.05) is 13.2 Å². The highest BCUT2D eigenvalue weighted by Gasteiger charge is 2.12. The van der Waals surface area contributed by atoms with Gasteiger partial charge in [-0.2, -0.15) is 0 Å². The van der Waals surface area contributed by atoms with Crippen LogP contribution >= 0.6 is 0 Å². The van der Waals surface area contributed by atoms with Crippen LogP contribution in [0, 0.1) is 0 Å². The van der Waals surface area contributed by atoms with Gasteiger partial charge in [0.15, 0.2) is 0 Å². The molecule has 0 fully saturated rings. The lowest BCUT2D eigenvalue weighted by atomic mass is 10.4. The minimum atomic E-state index is -3.75. The molecule has 98 valence electrons. The number of ether oxygens (including phenoxy) is 1. The molecule has 1 unspecified atom stereocenters. The predicted molar refractivity (Wildman–Crippen MR) is 62.9 cm³/mol. The van der Waals surface area contributed by atoms with E-state index in [0.717, 1.165) is 0 Å². The molecule has 0 saturated carbocycles. The standard InChI is InChI=1S/C10H18N2O4S/c1-3-15-8(2)6-12-7-9-4-5-10(16-9)17(11,13)14/h4-5,8,12H,3,6-7H2,1-2H3,(H2,11,13,14). The summed E-state index contributed by atoms with van der Waals surface area (Å²) in [7, 11) is -3.75. The SMILES string of the molecule is CCOC(C)CNCc1ccc(S(N)(=O)=O)o1. The van der Waals surface area contributed by atoms with Crippen molar-refractivity contribution in [3.63, 3.8) is 0 Å². The summed E-state index contributed by atoms with van der Waals surface area (Å²) in [6.45, 7) is 5.65. The molecule has 1 aromatic rings. The fourth-order valence-electron chi connectivity index (χ4n) is 1.35. The molecule has 0 radical (unpaired) electrons. The molecule has 0 bridgehead atoms. The van der Waals surface area contributed by atoms with Gasteiger partial charge in [-0.05, 0) is 26.0 Å². The maximum Gasteiger partial charge on any atom is 0.271 e. The van der Waals surface area contributed by atoms with Gasteiger partial charge in [0.1, 0.15) is 5.76 Å². The molecule has 0 aromatic carbocycles. The van der Waals surface area contributed by atoms with Crippen molar-refractivity contribution < 1.29 is 17.6 Å². The molecular weight excluding hydrogens is 244 g/mol. The van der Waals surface area contributed by atoms with Crippen molar-refractivity contribution >= 4 is 10.0 Å². The van der Waals surface area contributed by atoms with Crippen molar-refractivity contribution in [1.29, 1.82) is 0 Å². The Kier molecular flexibility index (Phi) is 5.13. The normalized spacial score (nSPS) is 13.8. The van der Waals surface area contributed by atoms with Crippen molar-refractivity contribution in [1.82, 2.24) is 5.32 Å². The third-order valence-corrected chi connectivity index (χ3v) is 2.88. The Hall–Kier alpha value is -0.890. The van der Waals surface area contributed by atoms with Gasteiger partial charge in [0.25, 0.3) is 10.0 Å². The van der Waals surface area contributed by atoms with Crippen LogP contribution in [0.2, 0.25) is 0 Å². The van der Waals surface area contributed by atoms with Crippen molar-refractivity contribution in [2.45, 2.75) is 31.6 Å². The quantitative estimate of drug-likeness (QED) is 0.743. The Morgan fingerprint density at radius 1 is 1.53 bits per heavy atom. The van der Waals surface area contributed by atoms with Gasteiger partial charge in [0.05, 0.1) is 12.6 Å². The largest absolute Gasteiger partial charge is 0.447 e. The van der Waals surface area contributed by atoms with Crippen LogP contribution < -0.4 is 10.5 Å². The van der Waals surface area contributed by atoms with E-state index in [1.54, 1.807) is 6.07 Å². The molecule has 0 aliphatic rings. The Morgan fingerprint density at radius 2 is 2.24 bits per heavy atom. The highest BCUT2D eigenvalue weighted by molar-refractivity contribution is 7.89. The molecular formula is C10H18N2O4S. The number of primary sulfonamides is 1. The summed E-state index contributed by atoms with van der Waals surface area (Å²) in [5.74, 6) is 0.526. The molecule has 1 aromatic heterocycles. The molecule has 0 aliphatic carbocycles. The number of furan rings is 1. The van der Waals surface area contributed by atoms with E-state index < -0.39 is 10.0 Å². The number of nitrogens with two attached hydrogens (primary N) is 1. The van der Waals surface area contributed by atoms with Gasteiger partial charge in [-0.3, -0.25) is 0 Å². The average Bonchev–Trinajstić information content (AvgIpc) is 2.66. The van der Waals surface area contributed by atoms with E-state index in [4.69, 9.17) is 14.3 Å². The highest BCUT2D eigenvalue weighted by atomic mass is 32.2. The maximum absolute atomic E-state index is 11.0. The summed E-state index contributed by atoms with van der Waals surface area (Å²) in [6, 6.07) is 2.93. The third-order valence-electron chi connectivity index (χ3n) is 2.10. The number of rotatable bonds is 7. The Bertz CT molecular complexity index is 441. The van der Waals surface area contributed by atoms with Crippen molar-refractivity contribution in [2.75, 3.05) is 13.2 Å². The monoisotopic (exact) mass is 262 g/mol. The molecule has 3 N–H and O–H groups in total. The summed E-state index contributed by atoms with van der Waals surface area (Å²) < 4.78 is 32.3. The first-order chi connectivity index (χ1) is 7.93. The zero-order valence-corrected chi connectivity index (χ0v) is 10.8. The summed E-state index contributed by atoms with van der Waals surface area (Å²) in [6.07, 6.45) is 0.104. The van der Waals surface area contributed by atoms with E-state index in [2.05, 4.69) is 5.32 Å². The molecule has 1 rings (SSSR count). The molecule has 17 heavy (non-hydrogen) atoms. The molecule has 1 atom stereocenters. The molecule has 0 saturated heterocycles. The molecule has 6 nitrogen and oxygen atoms in total. The summed E-state index contributed by atoms with van der Waals surface area (Å²) in [4.78, 5) is 0. The van der Waals surface area contributed by atoms with E-state index in [0.29, 0.717) is 25.5 Å². The fraction of sp³-hybridized carbons (Fsp3) is 0.600. The summed E-state index contributed by atoms with van der Waals surface area (Å²) in [5.41, 5.74) is 0. The van der Waals surface area contributed by atoms with Crippen molar-refractivity contribution in [2.24, 2.45) is 5.14 Å². The molecule has 7 heteroatoms. The number of hydrogen-bond donors (Lipinski definition) is 2. The smallest absolute Gasteiger partial charge is 0.271 e. The van der Waals surface area contributed by atoms with Gasteiger partial charge in [-0.1, -0.05) is 0 Å². The molecule has 0 aliphatic heterocycles. The number of sulfonamides is 1. The number of hydrogen-bond acceptors (Lipinski definition) is 5. The van der Waals surface area contributed by atoms with Crippen LogP contribution in [0.4, 0.5) is 0 Å². The van der Waals surface area contributed by atoms with Gasteiger partial charge in [-0.25, -0.2) is 13.6 Å². The van der Waals surface area contributed by atoms with Gasteiger partial charge in [-0.15, -0.1) is 0 Å². The Labute approximate surface area is 101 Å².